The summed E-state index contributed by atoms with van der Waals surface area (Å²) in [6.45, 7) is 1.45. The lowest BCUT2D eigenvalue weighted by atomic mass is 10.1. The molecule has 2 aromatic carbocycles. The monoisotopic (exact) mass is 297 g/mol. The highest BCUT2D eigenvalue weighted by Crippen LogP contribution is 2.25. The van der Waals surface area contributed by atoms with Gasteiger partial charge in [-0.15, -0.1) is 0 Å². The molecule has 1 aliphatic heterocycles. The normalized spacial score (nSPS) is 15.1. The van der Waals surface area contributed by atoms with E-state index in [1.165, 1.54) is 0 Å². The third kappa shape index (κ3) is 3.27. The van der Waals surface area contributed by atoms with Gasteiger partial charge >= 0.3 is 0 Å². The number of hydrogen-bond donors (Lipinski definition) is 0. The Hall–Kier alpha value is -2.36. The molecule has 0 N–H and O–H groups in total. The van der Waals surface area contributed by atoms with E-state index < -0.39 is 0 Å². The molecule has 4 nitrogen and oxygen atoms in total. The van der Waals surface area contributed by atoms with Crippen molar-refractivity contribution in [2.24, 2.45) is 0 Å². The molecular formula is C18H19NO3. The number of ether oxygens (including phenoxy) is 1. The molecule has 0 radical (unpaired) electrons. The van der Waals surface area contributed by atoms with Crippen molar-refractivity contribution in [1.29, 1.82) is 0 Å². The Labute approximate surface area is 129 Å². The lowest BCUT2D eigenvalue weighted by Gasteiger charge is -2.26. The van der Waals surface area contributed by atoms with Gasteiger partial charge in [0, 0.05) is 31.3 Å². The lowest BCUT2D eigenvalue weighted by molar-refractivity contribution is -0.134. The van der Waals surface area contributed by atoms with Gasteiger partial charge < -0.3 is 9.64 Å². The molecule has 1 heterocycles. The van der Waals surface area contributed by atoms with Gasteiger partial charge in [0.1, 0.15) is 11.5 Å². The van der Waals surface area contributed by atoms with Crippen LogP contribution in [-0.2, 0) is 9.59 Å². The summed E-state index contributed by atoms with van der Waals surface area (Å²) in [4.78, 5) is 25.0. The molecular weight excluding hydrogens is 278 g/mol. The van der Waals surface area contributed by atoms with E-state index in [-0.39, 0.29) is 11.7 Å². The van der Waals surface area contributed by atoms with Crippen molar-refractivity contribution in [3.8, 4) is 5.75 Å². The molecule has 1 aliphatic rings. The van der Waals surface area contributed by atoms with E-state index >= 15 is 0 Å². The molecule has 3 rings (SSSR count). The predicted octanol–water partition coefficient (Wildman–Crippen LogP) is 2.80. The van der Waals surface area contributed by atoms with Gasteiger partial charge in [-0.2, -0.15) is 0 Å². The van der Waals surface area contributed by atoms with Crippen LogP contribution in [0.1, 0.15) is 19.3 Å². The number of carbonyl (C=O) groups is 2. The number of fused-ring (bicyclic) bond motifs is 1. The molecule has 0 unspecified atom stereocenters. The van der Waals surface area contributed by atoms with Crippen LogP contribution in [0.2, 0.25) is 0 Å². The Morgan fingerprint density at radius 1 is 1.05 bits per heavy atom. The summed E-state index contributed by atoms with van der Waals surface area (Å²) in [5, 5.41) is 2.18. The smallest absolute Gasteiger partial charge is 0.226 e. The van der Waals surface area contributed by atoms with Crippen molar-refractivity contribution in [2.75, 3.05) is 19.7 Å². The van der Waals surface area contributed by atoms with Crippen LogP contribution in [0.4, 0.5) is 0 Å². The van der Waals surface area contributed by atoms with Crippen LogP contribution in [0.25, 0.3) is 10.8 Å². The summed E-state index contributed by atoms with van der Waals surface area (Å²) in [6, 6.07) is 13.9. The minimum atomic E-state index is 0.0627. The maximum absolute atomic E-state index is 12.1. The first-order chi connectivity index (χ1) is 10.7. The number of nitrogens with zero attached hydrogens (tertiary/aromatic N) is 1. The van der Waals surface area contributed by atoms with Crippen LogP contribution in [0.5, 0.6) is 5.75 Å². The molecule has 0 saturated carbocycles. The lowest BCUT2D eigenvalue weighted by Crippen LogP contribution is -2.39. The van der Waals surface area contributed by atoms with E-state index in [2.05, 4.69) is 0 Å². The molecule has 2 aromatic rings. The first kappa shape index (κ1) is 14.6. The average molecular weight is 297 g/mol. The Morgan fingerprint density at radius 2 is 1.77 bits per heavy atom. The maximum atomic E-state index is 12.1. The van der Waals surface area contributed by atoms with Crippen molar-refractivity contribution in [3.05, 3.63) is 42.5 Å². The van der Waals surface area contributed by atoms with Gasteiger partial charge in [0.05, 0.1) is 13.0 Å². The fourth-order valence-corrected chi connectivity index (χ4v) is 2.73. The van der Waals surface area contributed by atoms with Crippen molar-refractivity contribution < 1.29 is 14.3 Å². The van der Waals surface area contributed by atoms with Crippen LogP contribution in [0, 0.1) is 0 Å². The van der Waals surface area contributed by atoms with Gasteiger partial charge in [-0.3, -0.25) is 9.59 Å². The van der Waals surface area contributed by atoms with Crippen molar-refractivity contribution in [2.45, 2.75) is 19.3 Å². The Morgan fingerprint density at radius 3 is 2.59 bits per heavy atom. The highest BCUT2D eigenvalue weighted by molar-refractivity contribution is 5.88. The van der Waals surface area contributed by atoms with Gasteiger partial charge in [-0.05, 0) is 11.5 Å². The number of hydrogen-bond acceptors (Lipinski definition) is 3. The zero-order valence-corrected chi connectivity index (χ0v) is 12.5. The van der Waals surface area contributed by atoms with Gasteiger partial charge in [0.15, 0.2) is 0 Å². The molecule has 0 spiro atoms. The van der Waals surface area contributed by atoms with Crippen molar-refractivity contribution in [3.63, 3.8) is 0 Å². The number of benzene rings is 2. The van der Waals surface area contributed by atoms with Crippen molar-refractivity contribution in [1.82, 2.24) is 4.90 Å². The standard InChI is InChI=1S/C18H19NO3/c20-15-8-11-19(12-9-15)18(21)10-13-22-17-7-3-5-14-4-1-2-6-16(14)17/h1-7H,8-13H2. The van der Waals surface area contributed by atoms with Gasteiger partial charge in [0.25, 0.3) is 0 Å². The topological polar surface area (TPSA) is 46.6 Å². The SMILES string of the molecule is O=C1CCN(C(=O)CCOc2cccc3ccccc23)CC1. The van der Waals surface area contributed by atoms with Crippen LogP contribution in [0.15, 0.2) is 42.5 Å². The molecule has 1 amide bonds. The van der Waals surface area contributed by atoms with Gasteiger partial charge in [0.2, 0.25) is 5.91 Å². The summed E-state index contributed by atoms with van der Waals surface area (Å²) in [6.07, 6.45) is 1.31. The van der Waals surface area contributed by atoms with Crippen LogP contribution in [0.3, 0.4) is 0 Å². The number of rotatable bonds is 4. The second-order valence-corrected chi connectivity index (χ2v) is 5.50. The Balaban J connectivity index is 1.56. The third-order valence-electron chi connectivity index (χ3n) is 4.00. The van der Waals surface area contributed by atoms with E-state index in [1.54, 1.807) is 4.90 Å². The summed E-state index contributed by atoms with van der Waals surface area (Å²) in [5.41, 5.74) is 0. The van der Waals surface area contributed by atoms with Gasteiger partial charge in [-0.25, -0.2) is 0 Å². The predicted molar refractivity (Wildman–Crippen MR) is 84.9 cm³/mol. The number of ketones is 1. The van der Waals surface area contributed by atoms with Crippen LogP contribution in [-0.4, -0.2) is 36.3 Å². The number of Topliss-reactive ketones (excluding diaryl/α,β-unsaturated/α-hetero) is 1. The molecule has 4 heteroatoms. The van der Waals surface area contributed by atoms with E-state index in [0.717, 1.165) is 16.5 Å². The molecule has 0 aromatic heterocycles. The number of likely N-dealkylation sites (tertiary alicyclic amines) is 1. The zero-order chi connectivity index (χ0) is 15.4. The average Bonchev–Trinajstić information content (AvgIpc) is 2.55. The van der Waals surface area contributed by atoms with Crippen LogP contribution >= 0.6 is 0 Å². The molecule has 0 atom stereocenters. The highest BCUT2D eigenvalue weighted by atomic mass is 16.5. The second-order valence-electron chi connectivity index (χ2n) is 5.50. The fraction of sp³-hybridized carbons (Fsp3) is 0.333. The van der Waals surface area contributed by atoms with E-state index in [0.29, 0.717) is 39.0 Å². The number of piperidine rings is 1. The van der Waals surface area contributed by atoms with Crippen LogP contribution < -0.4 is 4.74 Å². The van der Waals surface area contributed by atoms with Gasteiger partial charge in [-0.1, -0.05) is 36.4 Å². The largest absolute Gasteiger partial charge is 0.492 e. The Kier molecular flexibility index (Phi) is 4.37. The highest BCUT2D eigenvalue weighted by Gasteiger charge is 2.20. The summed E-state index contributed by atoms with van der Waals surface area (Å²) >= 11 is 0. The molecule has 1 fully saturated rings. The number of amides is 1. The van der Waals surface area contributed by atoms with Crippen molar-refractivity contribution >= 4 is 22.5 Å². The third-order valence-corrected chi connectivity index (χ3v) is 4.00. The minimum Gasteiger partial charge on any atom is -0.492 e. The molecule has 0 aliphatic carbocycles. The summed E-state index contributed by atoms with van der Waals surface area (Å²) in [5.74, 6) is 1.11. The number of carbonyl (C=O) groups excluding carboxylic acids is 2. The summed E-state index contributed by atoms with van der Waals surface area (Å²) < 4.78 is 5.79. The first-order valence-corrected chi connectivity index (χ1v) is 7.64. The molecule has 0 bridgehead atoms. The maximum Gasteiger partial charge on any atom is 0.226 e. The molecule has 1 saturated heterocycles. The van der Waals surface area contributed by atoms with E-state index in [9.17, 15) is 9.59 Å². The second kappa shape index (κ2) is 6.60. The van der Waals surface area contributed by atoms with E-state index in [4.69, 9.17) is 4.74 Å². The minimum absolute atomic E-state index is 0.0627. The summed E-state index contributed by atoms with van der Waals surface area (Å²) in [7, 11) is 0. The molecule has 22 heavy (non-hydrogen) atoms. The first-order valence-electron chi connectivity index (χ1n) is 7.64. The zero-order valence-electron chi connectivity index (χ0n) is 12.5. The quantitative estimate of drug-likeness (QED) is 0.872. The fourth-order valence-electron chi connectivity index (χ4n) is 2.73. The Bertz CT molecular complexity index is 680. The molecule has 114 valence electrons. The van der Waals surface area contributed by atoms with E-state index in [1.807, 2.05) is 42.5 Å².